The third kappa shape index (κ3) is 6.08. The summed E-state index contributed by atoms with van der Waals surface area (Å²) in [7, 11) is 1.67. The van der Waals surface area contributed by atoms with Gasteiger partial charge in [0, 0.05) is 54.2 Å². The standard InChI is InChI=1S/C24H27ClN2O5/c1-16-13-20(17(2)27(16)11-4-12-30-3)21(28)15-31-24(29)10-9-23-26-14-22(32-23)18-5-7-19(25)8-6-18/h5-8,13-14H,4,9-12,15H2,1-3H3. The molecule has 0 atom stereocenters. The maximum atomic E-state index is 12.6. The van der Waals surface area contributed by atoms with E-state index in [2.05, 4.69) is 9.55 Å². The van der Waals surface area contributed by atoms with E-state index in [4.69, 9.17) is 25.5 Å². The maximum absolute atomic E-state index is 12.6. The lowest BCUT2D eigenvalue weighted by atomic mass is 10.1. The van der Waals surface area contributed by atoms with Gasteiger partial charge in [-0.05, 0) is 50.6 Å². The predicted molar refractivity (Wildman–Crippen MR) is 121 cm³/mol. The average molecular weight is 459 g/mol. The Morgan fingerprint density at radius 3 is 2.66 bits per heavy atom. The summed E-state index contributed by atoms with van der Waals surface area (Å²) in [6.45, 7) is 4.99. The summed E-state index contributed by atoms with van der Waals surface area (Å²) in [5.41, 5.74) is 3.29. The molecule has 0 spiro atoms. The van der Waals surface area contributed by atoms with Crippen molar-refractivity contribution >= 4 is 23.4 Å². The zero-order chi connectivity index (χ0) is 23.1. The number of benzene rings is 1. The third-order valence-electron chi connectivity index (χ3n) is 5.19. The summed E-state index contributed by atoms with van der Waals surface area (Å²) < 4.78 is 18.0. The second-order valence-corrected chi connectivity index (χ2v) is 7.93. The highest BCUT2D eigenvalue weighted by Crippen LogP contribution is 2.23. The Labute approximate surface area is 192 Å². The van der Waals surface area contributed by atoms with E-state index in [1.165, 1.54) is 0 Å². The van der Waals surface area contributed by atoms with E-state index in [1.807, 2.05) is 32.0 Å². The molecule has 0 radical (unpaired) electrons. The van der Waals surface area contributed by atoms with E-state index in [-0.39, 0.29) is 25.2 Å². The number of ketones is 1. The van der Waals surface area contributed by atoms with Crippen molar-refractivity contribution in [3.05, 3.63) is 64.4 Å². The molecular formula is C24H27ClN2O5. The largest absolute Gasteiger partial charge is 0.457 e. The minimum atomic E-state index is -0.474. The van der Waals surface area contributed by atoms with Gasteiger partial charge in [0.05, 0.1) is 12.6 Å². The Kier molecular flexibility index (Phi) is 8.25. The molecule has 7 nitrogen and oxygen atoms in total. The number of carbonyl (C=O) groups excluding carboxylic acids is 2. The van der Waals surface area contributed by atoms with Crippen LogP contribution in [0.3, 0.4) is 0 Å². The van der Waals surface area contributed by atoms with Gasteiger partial charge < -0.3 is 18.5 Å². The summed E-state index contributed by atoms with van der Waals surface area (Å²) >= 11 is 5.90. The molecule has 0 aliphatic heterocycles. The second kappa shape index (κ2) is 11.1. The Hall–Kier alpha value is -2.90. The minimum Gasteiger partial charge on any atom is -0.457 e. The summed E-state index contributed by atoms with van der Waals surface area (Å²) in [6.07, 6.45) is 2.82. The number of carbonyl (C=O) groups is 2. The minimum absolute atomic E-state index is 0.0733. The fraction of sp³-hybridized carbons (Fsp3) is 0.375. The number of Topliss-reactive ketones (excluding diaryl/α,β-unsaturated/α-hetero) is 1. The molecule has 0 amide bonds. The first-order valence-corrected chi connectivity index (χ1v) is 10.8. The van der Waals surface area contributed by atoms with Crippen LogP contribution in [0.4, 0.5) is 0 Å². The number of oxazole rings is 1. The van der Waals surface area contributed by atoms with Gasteiger partial charge in [-0.2, -0.15) is 0 Å². The quantitative estimate of drug-likeness (QED) is 0.233. The number of ether oxygens (including phenoxy) is 2. The average Bonchev–Trinajstić information content (AvgIpc) is 3.36. The SMILES string of the molecule is COCCCn1c(C)cc(C(=O)COC(=O)CCc2ncc(-c3ccc(Cl)cc3)o2)c1C. The zero-order valence-corrected chi connectivity index (χ0v) is 19.3. The van der Waals surface area contributed by atoms with Crippen molar-refractivity contribution in [2.24, 2.45) is 0 Å². The van der Waals surface area contributed by atoms with Crippen LogP contribution in [0.5, 0.6) is 0 Å². The second-order valence-electron chi connectivity index (χ2n) is 7.49. The van der Waals surface area contributed by atoms with Crippen LogP contribution in [0.15, 0.2) is 40.9 Å². The Bertz CT molecular complexity index is 1070. The van der Waals surface area contributed by atoms with Gasteiger partial charge in [-0.3, -0.25) is 9.59 Å². The zero-order valence-electron chi connectivity index (χ0n) is 18.5. The van der Waals surface area contributed by atoms with Crippen molar-refractivity contribution in [3.8, 4) is 11.3 Å². The number of hydrogen-bond acceptors (Lipinski definition) is 6. The van der Waals surface area contributed by atoms with Gasteiger partial charge in [-0.1, -0.05) is 11.6 Å². The van der Waals surface area contributed by atoms with E-state index < -0.39 is 5.97 Å². The summed E-state index contributed by atoms with van der Waals surface area (Å²) in [4.78, 5) is 28.9. The number of methoxy groups -OCH3 is 1. The van der Waals surface area contributed by atoms with Gasteiger partial charge in [0.2, 0.25) is 5.78 Å². The molecule has 0 bridgehead atoms. The highest BCUT2D eigenvalue weighted by atomic mass is 35.5. The van der Waals surface area contributed by atoms with Crippen LogP contribution >= 0.6 is 11.6 Å². The molecule has 8 heteroatoms. The van der Waals surface area contributed by atoms with Crippen LogP contribution in [0, 0.1) is 13.8 Å². The van der Waals surface area contributed by atoms with E-state index in [1.54, 1.807) is 25.4 Å². The van der Waals surface area contributed by atoms with E-state index in [0.29, 0.717) is 28.8 Å². The fourth-order valence-corrected chi connectivity index (χ4v) is 3.60. The number of hydrogen-bond donors (Lipinski definition) is 0. The highest BCUT2D eigenvalue weighted by molar-refractivity contribution is 6.30. The summed E-state index contributed by atoms with van der Waals surface area (Å²) in [5.74, 6) is 0.336. The molecule has 0 aliphatic rings. The molecule has 2 aromatic heterocycles. The van der Waals surface area contributed by atoms with Crippen molar-refractivity contribution in [1.82, 2.24) is 9.55 Å². The molecule has 0 unspecified atom stereocenters. The summed E-state index contributed by atoms with van der Waals surface area (Å²) in [6, 6.07) is 9.04. The molecule has 0 saturated heterocycles. The summed E-state index contributed by atoms with van der Waals surface area (Å²) in [5, 5.41) is 0.638. The molecule has 3 rings (SSSR count). The van der Waals surface area contributed by atoms with Crippen molar-refractivity contribution in [1.29, 1.82) is 0 Å². The van der Waals surface area contributed by atoms with Gasteiger partial charge in [-0.25, -0.2) is 4.98 Å². The number of halogens is 1. The molecule has 2 heterocycles. The lowest BCUT2D eigenvalue weighted by Crippen LogP contribution is -2.15. The van der Waals surface area contributed by atoms with Crippen LogP contribution < -0.4 is 0 Å². The third-order valence-corrected chi connectivity index (χ3v) is 5.45. The van der Waals surface area contributed by atoms with Crippen molar-refractivity contribution in [2.45, 2.75) is 39.7 Å². The van der Waals surface area contributed by atoms with Crippen molar-refractivity contribution in [2.75, 3.05) is 20.3 Å². The van der Waals surface area contributed by atoms with Crippen molar-refractivity contribution in [3.63, 3.8) is 0 Å². The van der Waals surface area contributed by atoms with Crippen LogP contribution in [-0.4, -0.2) is 41.6 Å². The maximum Gasteiger partial charge on any atom is 0.306 e. The Balaban J connectivity index is 1.48. The lowest BCUT2D eigenvalue weighted by Gasteiger charge is -2.09. The van der Waals surface area contributed by atoms with Crippen LogP contribution in [0.2, 0.25) is 5.02 Å². The number of nitrogens with zero attached hydrogens (tertiary/aromatic N) is 2. The first-order chi connectivity index (χ1) is 15.4. The van der Waals surface area contributed by atoms with Crippen LogP contribution in [0.1, 0.15) is 40.5 Å². The molecule has 0 fully saturated rings. The van der Waals surface area contributed by atoms with Gasteiger partial charge in [0.15, 0.2) is 18.3 Å². The van der Waals surface area contributed by atoms with Gasteiger partial charge in [-0.15, -0.1) is 0 Å². The first-order valence-electron chi connectivity index (χ1n) is 10.4. The molecule has 0 saturated carbocycles. The predicted octanol–water partition coefficient (Wildman–Crippen LogP) is 4.81. The normalized spacial score (nSPS) is 11.0. The van der Waals surface area contributed by atoms with E-state index >= 15 is 0 Å². The van der Waals surface area contributed by atoms with Crippen molar-refractivity contribution < 1.29 is 23.5 Å². The van der Waals surface area contributed by atoms with E-state index in [0.717, 1.165) is 29.9 Å². The Morgan fingerprint density at radius 2 is 1.94 bits per heavy atom. The molecule has 3 aromatic rings. The number of aryl methyl sites for hydroxylation is 2. The monoisotopic (exact) mass is 458 g/mol. The Morgan fingerprint density at radius 1 is 1.19 bits per heavy atom. The van der Waals surface area contributed by atoms with Crippen LogP contribution in [-0.2, 0) is 27.2 Å². The molecule has 170 valence electrons. The highest BCUT2D eigenvalue weighted by Gasteiger charge is 2.18. The van der Waals surface area contributed by atoms with Gasteiger partial charge >= 0.3 is 5.97 Å². The molecule has 32 heavy (non-hydrogen) atoms. The van der Waals surface area contributed by atoms with Crippen LogP contribution in [0.25, 0.3) is 11.3 Å². The van der Waals surface area contributed by atoms with E-state index in [9.17, 15) is 9.59 Å². The molecule has 1 aromatic carbocycles. The lowest BCUT2D eigenvalue weighted by molar-refractivity contribution is -0.142. The smallest absolute Gasteiger partial charge is 0.306 e. The van der Waals surface area contributed by atoms with Gasteiger partial charge in [0.1, 0.15) is 0 Å². The molecule has 0 aliphatic carbocycles. The number of rotatable bonds is 11. The fourth-order valence-electron chi connectivity index (χ4n) is 3.47. The molecular weight excluding hydrogens is 432 g/mol. The topological polar surface area (TPSA) is 83.6 Å². The molecule has 0 N–H and O–H groups in total. The number of esters is 1. The van der Waals surface area contributed by atoms with Gasteiger partial charge in [0.25, 0.3) is 0 Å². The number of aromatic nitrogens is 2. The first kappa shape index (κ1) is 23.8.